The molecule has 1 amide bonds. The van der Waals surface area contributed by atoms with Gasteiger partial charge in [-0.3, -0.25) is 14.6 Å². The number of piperazine rings is 1. The summed E-state index contributed by atoms with van der Waals surface area (Å²) in [5, 5.41) is 9.81. The molecule has 11 nitrogen and oxygen atoms in total. The van der Waals surface area contributed by atoms with Crippen LogP contribution in [0.2, 0.25) is 5.02 Å². The summed E-state index contributed by atoms with van der Waals surface area (Å²) < 4.78 is 48.2. The van der Waals surface area contributed by atoms with E-state index >= 15 is 0 Å². The lowest BCUT2D eigenvalue weighted by atomic mass is 9.63. The van der Waals surface area contributed by atoms with E-state index in [1.54, 1.807) is 25.1 Å². The Balaban J connectivity index is 1.22. The van der Waals surface area contributed by atoms with Crippen molar-refractivity contribution in [3.63, 3.8) is 0 Å². The molecule has 0 spiro atoms. The average Bonchev–Trinajstić information content (AvgIpc) is 3.16. The maximum Gasteiger partial charge on any atom is 0.264 e. The molecule has 7 rings (SSSR count). The number of nitriles is 1. The fourth-order valence-electron chi connectivity index (χ4n) is 8.93. The van der Waals surface area contributed by atoms with Crippen molar-refractivity contribution in [2.75, 3.05) is 71.0 Å². The summed E-state index contributed by atoms with van der Waals surface area (Å²) in [7, 11) is -2.17. The Labute approximate surface area is 325 Å². The van der Waals surface area contributed by atoms with E-state index < -0.39 is 32.3 Å². The lowest BCUT2D eigenvalue weighted by molar-refractivity contribution is -0.129. The number of amides is 1. The second kappa shape index (κ2) is 16.1. The molecule has 54 heavy (non-hydrogen) atoms. The number of sulfonamides is 1. The third kappa shape index (κ3) is 7.91. The van der Waals surface area contributed by atoms with Gasteiger partial charge < -0.3 is 19.1 Å². The topological polar surface area (TPSA) is 124 Å². The third-order valence-electron chi connectivity index (χ3n) is 12.9. The zero-order valence-electron chi connectivity index (χ0n) is 31.8. The summed E-state index contributed by atoms with van der Waals surface area (Å²) in [6, 6.07) is 13.7. The molecular formula is C41H54ClN5O6S. The molecule has 0 aromatic heterocycles. The van der Waals surface area contributed by atoms with E-state index in [4.69, 9.17) is 25.8 Å². The van der Waals surface area contributed by atoms with E-state index in [2.05, 4.69) is 37.6 Å². The van der Waals surface area contributed by atoms with Crippen molar-refractivity contribution in [1.82, 2.24) is 14.5 Å². The molecule has 0 unspecified atom stereocenters. The second-order valence-electron chi connectivity index (χ2n) is 16.1. The molecule has 1 saturated carbocycles. The lowest BCUT2D eigenvalue weighted by Crippen LogP contribution is -2.66. The summed E-state index contributed by atoms with van der Waals surface area (Å²) in [5.41, 5.74) is 2.20. The van der Waals surface area contributed by atoms with E-state index in [1.165, 1.54) is 5.56 Å². The number of aryl methyl sites for hydroxylation is 1. The largest absolute Gasteiger partial charge is 0.487 e. The Bertz CT molecular complexity index is 1870. The summed E-state index contributed by atoms with van der Waals surface area (Å²) in [6.45, 7) is 10.3. The predicted molar refractivity (Wildman–Crippen MR) is 209 cm³/mol. The minimum atomic E-state index is -3.98. The second-order valence-corrected chi connectivity index (χ2v) is 18.6. The van der Waals surface area contributed by atoms with Crippen LogP contribution >= 0.6 is 11.6 Å². The maximum atomic E-state index is 13.6. The molecule has 4 aliphatic heterocycles. The summed E-state index contributed by atoms with van der Waals surface area (Å²) in [6.07, 6.45) is 9.63. The van der Waals surface area contributed by atoms with Crippen LogP contribution in [0.4, 0.5) is 5.69 Å². The highest BCUT2D eigenvalue weighted by Gasteiger charge is 2.50. The number of fused-ring (bicyclic) bond motifs is 3. The van der Waals surface area contributed by atoms with E-state index in [0.717, 1.165) is 82.6 Å². The van der Waals surface area contributed by atoms with Gasteiger partial charge in [-0.2, -0.15) is 5.26 Å². The van der Waals surface area contributed by atoms with Crippen LogP contribution in [0.1, 0.15) is 67.4 Å². The number of nitrogens with zero attached hydrogens (tertiary/aromatic N) is 4. The van der Waals surface area contributed by atoms with Crippen molar-refractivity contribution < 1.29 is 27.4 Å². The first-order valence-corrected chi connectivity index (χ1v) is 21.4. The number of hydrogen-bond acceptors (Lipinski definition) is 10. The number of ether oxygens (including phenoxy) is 3. The van der Waals surface area contributed by atoms with Gasteiger partial charge in [0.25, 0.3) is 5.91 Å². The highest BCUT2D eigenvalue weighted by atomic mass is 35.5. The van der Waals surface area contributed by atoms with Gasteiger partial charge in [-0.25, -0.2) is 13.1 Å². The van der Waals surface area contributed by atoms with Gasteiger partial charge in [0.05, 0.1) is 30.2 Å². The van der Waals surface area contributed by atoms with Gasteiger partial charge in [-0.15, -0.1) is 0 Å². The standard InChI is InChI=1S/C41H54ClN5O6S/c1-29-7-6-15-41(51-3,26-45-17-19-47(20-18-45)40(25-43)27-52-28-40)36-13-10-33(36)23-46-16-5-4-8-31-21-35(42)12-9-34(31)24-53-38-14-11-32(22-37(38)46)39(48)44-54(49,50)30(29)2/h6,9,11-12,14-15,21-22,29-30,33,36H,4-5,7-8,10,13,16-20,23-24,26-28H2,1-3H3,(H,44,48)/b15-6+/t29-,30+,33-,36-,41+/m0/s1. The van der Waals surface area contributed by atoms with Crippen LogP contribution < -0.4 is 14.4 Å². The van der Waals surface area contributed by atoms with Crippen molar-refractivity contribution in [2.24, 2.45) is 17.8 Å². The minimum absolute atomic E-state index is 0.215. The minimum Gasteiger partial charge on any atom is -0.487 e. The molecule has 2 bridgehead atoms. The monoisotopic (exact) mass is 779 g/mol. The van der Waals surface area contributed by atoms with Crippen LogP contribution in [0.25, 0.3) is 0 Å². The van der Waals surface area contributed by atoms with Gasteiger partial charge in [0, 0.05) is 63.5 Å². The van der Waals surface area contributed by atoms with E-state index in [-0.39, 0.29) is 17.4 Å². The maximum absolute atomic E-state index is 13.6. The smallest absolute Gasteiger partial charge is 0.264 e. The molecule has 13 heteroatoms. The molecule has 5 atom stereocenters. The summed E-state index contributed by atoms with van der Waals surface area (Å²) in [4.78, 5) is 20.7. The predicted octanol–water partition coefficient (Wildman–Crippen LogP) is 5.43. The number of carbonyl (C=O) groups is 1. The van der Waals surface area contributed by atoms with Crippen LogP contribution in [0.5, 0.6) is 5.75 Å². The Morgan fingerprint density at radius 1 is 1.04 bits per heavy atom. The van der Waals surface area contributed by atoms with Crippen LogP contribution in [-0.4, -0.2) is 107 Å². The Hall–Kier alpha value is -3.18. The highest BCUT2D eigenvalue weighted by molar-refractivity contribution is 7.90. The number of methoxy groups -OCH3 is 1. The van der Waals surface area contributed by atoms with Crippen molar-refractivity contribution in [1.29, 1.82) is 5.26 Å². The molecule has 1 aliphatic carbocycles. The average molecular weight is 780 g/mol. The molecule has 1 N–H and O–H groups in total. The van der Waals surface area contributed by atoms with Gasteiger partial charge in [-0.1, -0.05) is 36.7 Å². The Kier molecular flexibility index (Phi) is 11.7. The summed E-state index contributed by atoms with van der Waals surface area (Å²) in [5.74, 6) is 0.280. The fourth-order valence-corrected chi connectivity index (χ4v) is 10.4. The first-order valence-electron chi connectivity index (χ1n) is 19.5. The van der Waals surface area contributed by atoms with Gasteiger partial charge >= 0.3 is 0 Å². The van der Waals surface area contributed by atoms with Crippen LogP contribution in [0.3, 0.4) is 0 Å². The molecule has 0 radical (unpaired) electrons. The number of halogens is 1. The first-order chi connectivity index (χ1) is 26.0. The van der Waals surface area contributed by atoms with Crippen molar-refractivity contribution in [3.8, 4) is 11.8 Å². The molecule has 292 valence electrons. The molecule has 2 aromatic carbocycles. The number of rotatable bonds is 4. The van der Waals surface area contributed by atoms with E-state index in [1.807, 2.05) is 32.2 Å². The van der Waals surface area contributed by atoms with Crippen LogP contribution in [0.15, 0.2) is 48.6 Å². The van der Waals surface area contributed by atoms with Gasteiger partial charge in [-0.05, 0) is 105 Å². The van der Waals surface area contributed by atoms with Crippen molar-refractivity contribution in [2.45, 2.75) is 75.4 Å². The number of benzene rings is 2. The first kappa shape index (κ1) is 39.1. The number of hydrogen-bond donors (Lipinski definition) is 1. The zero-order chi connectivity index (χ0) is 38.1. The van der Waals surface area contributed by atoms with Gasteiger partial charge in [0.2, 0.25) is 10.0 Å². The van der Waals surface area contributed by atoms with Crippen molar-refractivity contribution in [3.05, 3.63) is 70.3 Å². The van der Waals surface area contributed by atoms with E-state index in [9.17, 15) is 18.5 Å². The van der Waals surface area contributed by atoms with Crippen molar-refractivity contribution >= 4 is 33.2 Å². The SMILES string of the molecule is CO[C@@]1(CN2CCN(C3(C#N)COC3)CC2)/C=C/C[C@H](C)[C@@H](C)S(=O)(=O)NC(=O)c2ccc3c(c2)N(CCCCc2cc(Cl)ccc2CO3)C[C@@H]2CC[C@@H]21. The number of anilines is 1. The Morgan fingerprint density at radius 2 is 1.83 bits per heavy atom. The summed E-state index contributed by atoms with van der Waals surface area (Å²) >= 11 is 6.40. The number of allylic oxidation sites excluding steroid dienone is 1. The van der Waals surface area contributed by atoms with Gasteiger partial charge in [0.1, 0.15) is 18.0 Å². The molecule has 2 saturated heterocycles. The highest BCUT2D eigenvalue weighted by Crippen LogP contribution is 2.47. The normalized spacial score (nSPS) is 31.1. The molecule has 2 aromatic rings. The Morgan fingerprint density at radius 3 is 2.52 bits per heavy atom. The van der Waals surface area contributed by atoms with Crippen LogP contribution in [0, 0.1) is 29.1 Å². The lowest BCUT2D eigenvalue weighted by Gasteiger charge is -2.53. The number of carbonyl (C=O) groups excluding carboxylic acids is 1. The van der Waals surface area contributed by atoms with E-state index in [0.29, 0.717) is 49.5 Å². The molecule has 5 aliphatic rings. The third-order valence-corrected chi connectivity index (χ3v) is 15.0. The fraction of sp³-hybridized carbons (Fsp3) is 0.610. The number of nitrogens with one attached hydrogen (secondary N) is 1. The quantitative estimate of drug-likeness (QED) is 0.402. The molecular weight excluding hydrogens is 726 g/mol. The van der Waals surface area contributed by atoms with Gasteiger partial charge in [0.15, 0.2) is 5.54 Å². The zero-order valence-corrected chi connectivity index (χ0v) is 33.3. The molecule has 4 heterocycles. The van der Waals surface area contributed by atoms with Crippen LogP contribution in [-0.2, 0) is 32.5 Å². The molecule has 3 fully saturated rings.